The minimum atomic E-state index is -0.0895. The van der Waals surface area contributed by atoms with Crippen molar-refractivity contribution in [2.45, 2.75) is 13.3 Å². The Balaban J connectivity index is 2.33. The Bertz CT molecular complexity index is 429. The monoisotopic (exact) mass is 321 g/mol. The number of rotatable bonds is 7. The maximum absolute atomic E-state index is 11.7. The van der Waals surface area contributed by atoms with Crippen LogP contribution in [0.5, 0.6) is 0 Å². The first kappa shape index (κ1) is 16.6. The minimum absolute atomic E-state index is 0.0895. The fourth-order valence-corrected chi connectivity index (χ4v) is 2.65. The predicted molar refractivity (Wildman–Crippen MR) is 83.3 cm³/mol. The number of aliphatic hydroxyl groups excluding tert-OH is 1. The van der Waals surface area contributed by atoms with Crippen molar-refractivity contribution in [1.29, 1.82) is 0 Å². The van der Waals surface area contributed by atoms with E-state index in [1.54, 1.807) is 30.0 Å². The molecule has 0 aliphatic carbocycles. The highest BCUT2D eigenvalue weighted by molar-refractivity contribution is 7.99. The predicted octanol–water partition coefficient (Wildman–Crippen LogP) is 3.68. The van der Waals surface area contributed by atoms with E-state index in [1.807, 2.05) is 6.92 Å². The Hall–Kier alpha value is -0.420. The van der Waals surface area contributed by atoms with Crippen LogP contribution in [-0.2, 0) is 4.79 Å². The van der Waals surface area contributed by atoms with Gasteiger partial charge in [0.05, 0.1) is 10.7 Å². The Morgan fingerprint density at radius 2 is 2.21 bits per heavy atom. The quantitative estimate of drug-likeness (QED) is 0.753. The average Bonchev–Trinajstić information content (AvgIpc) is 2.38. The van der Waals surface area contributed by atoms with Gasteiger partial charge in [0.25, 0.3) is 0 Å². The second-order valence-corrected chi connectivity index (χ2v) is 6.28. The summed E-state index contributed by atoms with van der Waals surface area (Å²) in [6.45, 7) is 2.15. The molecule has 106 valence electrons. The molecule has 1 unspecified atom stereocenters. The molecule has 0 saturated carbocycles. The van der Waals surface area contributed by atoms with E-state index in [2.05, 4.69) is 5.32 Å². The number of nitrogens with one attached hydrogen (secondary N) is 1. The minimum Gasteiger partial charge on any atom is -0.396 e. The third-order valence-electron chi connectivity index (χ3n) is 2.39. The van der Waals surface area contributed by atoms with Crippen molar-refractivity contribution in [3.05, 3.63) is 28.2 Å². The highest BCUT2D eigenvalue weighted by Gasteiger charge is 2.07. The van der Waals surface area contributed by atoms with Crippen LogP contribution in [0.1, 0.15) is 13.3 Å². The van der Waals surface area contributed by atoms with Crippen LogP contribution in [0.25, 0.3) is 0 Å². The molecular weight excluding hydrogens is 305 g/mol. The summed E-state index contributed by atoms with van der Waals surface area (Å²) >= 11 is 13.4. The van der Waals surface area contributed by atoms with Gasteiger partial charge in [0, 0.05) is 23.8 Å². The molecule has 0 aromatic heterocycles. The molecule has 1 aromatic rings. The third-order valence-corrected chi connectivity index (χ3v) is 4.25. The van der Waals surface area contributed by atoms with Crippen molar-refractivity contribution in [3.63, 3.8) is 0 Å². The van der Waals surface area contributed by atoms with Gasteiger partial charge >= 0.3 is 0 Å². The number of carbonyl (C=O) groups is 1. The number of halogens is 2. The van der Waals surface area contributed by atoms with Crippen molar-refractivity contribution in [2.24, 2.45) is 5.92 Å². The topological polar surface area (TPSA) is 49.3 Å². The smallest absolute Gasteiger partial charge is 0.225 e. The molecule has 0 bridgehead atoms. The van der Waals surface area contributed by atoms with E-state index >= 15 is 0 Å². The number of aliphatic hydroxyl groups is 1. The van der Waals surface area contributed by atoms with Crippen LogP contribution in [0.4, 0.5) is 5.69 Å². The van der Waals surface area contributed by atoms with Crippen LogP contribution in [0.3, 0.4) is 0 Å². The summed E-state index contributed by atoms with van der Waals surface area (Å²) in [7, 11) is 0. The first-order chi connectivity index (χ1) is 9.02. The lowest BCUT2D eigenvalue weighted by Gasteiger charge is -2.09. The SMILES string of the molecule is CC(CO)CSCCC(=O)Nc1cc(Cl)ccc1Cl. The highest BCUT2D eigenvalue weighted by Crippen LogP contribution is 2.25. The summed E-state index contributed by atoms with van der Waals surface area (Å²) in [5.74, 6) is 1.74. The van der Waals surface area contributed by atoms with Crippen LogP contribution in [0.2, 0.25) is 10.0 Å². The molecule has 2 N–H and O–H groups in total. The molecule has 1 amide bonds. The summed E-state index contributed by atoms with van der Waals surface area (Å²) in [4.78, 5) is 11.7. The molecule has 19 heavy (non-hydrogen) atoms. The van der Waals surface area contributed by atoms with Gasteiger partial charge in [0.1, 0.15) is 0 Å². The fraction of sp³-hybridized carbons (Fsp3) is 0.462. The zero-order chi connectivity index (χ0) is 14.3. The Kier molecular flexibility index (Phi) is 7.61. The van der Waals surface area contributed by atoms with E-state index in [4.69, 9.17) is 28.3 Å². The lowest BCUT2D eigenvalue weighted by molar-refractivity contribution is -0.115. The van der Waals surface area contributed by atoms with Gasteiger partial charge in [-0.05, 0) is 29.9 Å². The molecule has 0 aliphatic heterocycles. The van der Waals surface area contributed by atoms with E-state index in [9.17, 15) is 4.79 Å². The average molecular weight is 322 g/mol. The van der Waals surface area contributed by atoms with Crippen molar-refractivity contribution >= 4 is 46.6 Å². The van der Waals surface area contributed by atoms with Crippen molar-refractivity contribution < 1.29 is 9.90 Å². The van der Waals surface area contributed by atoms with E-state index in [1.165, 1.54) is 0 Å². The number of amides is 1. The van der Waals surface area contributed by atoms with Crippen LogP contribution in [-0.4, -0.2) is 29.1 Å². The number of anilines is 1. The number of hydrogen-bond donors (Lipinski definition) is 2. The molecule has 0 saturated heterocycles. The summed E-state index contributed by atoms with van der Waals surface area (Å²) in [5.41, 5.74) is 0.535. The summed E-state index contributed by atoms with van der Waals surface area (Å²) < 4.78 is 0. The van der Waals surface area contributed by atoms with Crippen molar-refractivity contribution in [3.8, 4) is 0 Å². The van der Waals surface area contributed by atoms with E-state index < -0.39 is 0 Å². The van der Waals surface area contributed by atoms with Gasteiger partial charge in [-0.2, -0.15) is 11.8 Å². The third kappa shape index (κ3) is 6.52. The first-order valence-corrected chi connectivity index (χ1v) is 7.87. The van der Waals surface area contributed by atoms with Gasteiger partial charge in [0.15, 0.2) is 0 Å². The second-order valence-electron chi connectivity index (χ2n) is 4.29. The van der Waals surface area contributed by atoms with Crippen LogP contribution < -0.4 is 5.32 Å². The van der Waals surface area contributed by atoms with Crippen LogP contribution >= 0.6 is 35.0 Å². The lowest BCUT2D eigenvalue weighted by atomic mass is 10.2. The molecule has 1 rings (SSSR count). The highest BCUT2D eigenvalue weighted by atomic mass is 35.5. The van der Waals surface area contributed by atoms with Gasteiger partial charge in [-0.1, -0.05) is 30.1 Å². The Morgan fingerprint density at radius 3 is 2.89 bits per heavy atom. The number of benzene rings is 1. The van der Waals surface area contributed by atoms with Gasteiger partial charge in [0.2, 0.25) is 5.91 Å². The number of thioether (sulfide) groups is 1. The maximum Gasteiger partial charge on any atom is 0.225 e. The molecule has 0 aliphatic rings. The molecule has 6 heteroatoms. The van der Waals surface area contributed by atoms with E-state index in [0.29, 0.717) is 27.9 Å². The summed E-state index contributed by atoms with van der Waals surface area (Å²) in [6, 6.07) is 4.95. The molecule has 0 radical (unpaired) electrons. The van der Waals surface area contributed by atoms with Gasteiger partial charge < -0.3 is 10.4 Å². The second kappa shape index (κ2) is 8.69. The Labute approximate surface area is 127 Å². The largest absolute Gasteiger partial charge is 0.396 e. The lowest BCUT2D eigenvalue weighted by Crippen LogP contribution is -2.13. The van der Waals surface area contributed by atoms with Crippen molar-refractivity contribution in [1.82, 2.24) is 0 Å². The first-order valence-electron chi connectivity index (χ1n) is 5.96. The van der Waals surface area contributed by atoms with Crippen LogP contribution in [0.15, 0.2) is 18.2 Å². The molecule has 1 atom stereocenters. The van der Waals surface area contributed by atoms with E-state index in [0.717, 1.165) is 5.75 Å². The molecule has 1 aromatic carbocycles. The van der Waals surface area contributed by atoms with Gasteiger partial charge in [-0.15, -0.1) is 0 Å². The van der Waals surface area contributed by atoms with Crippen LogP contribution in [0, 0.1) is 5.92 Å². The molecule has 0 heterocycles. The van der Waals surface area contributed by atoms with Gasteiger partial charge in [-0.3, -0.25) is 4.79 Å². The van der Waals surface area contributed by atoms with Gasteiger partial charge in [-0.25, -0.2) is 0 Å². The summed E-state index contributed by atoms with van der Waals surface area (Å²) in [5, 5.41) is 12.6. The van der Waals surface area contributed by atoms with Crippen molar-refractivity contribution in [2.75, 3.05) is 23.4 Å². The number of carbonyl (C=O) groups excluding carboxylic acids is 1. The summed E-state index contributed by atoms with van der Waals surface area (Å²) in [6.07, 6.45) is 0.408. The molecular formula is C13H17Cl2NO2S. The number of hydrogen-bond acceptors (Lipinski definition) is 3. The fourth-order valence-electron chi connectivity index (χ4n) is 1.31. The zero-order valence-corrected chi connectivity index (χ0v) is 13.0. The normalized spacial score (nSPS) is 12.2. The standard InChI is InChI=1S/C13H17Cl2NO2S/c1-9(7-17)8-19-5-4-13(18)16-12-6-10(14)2-3-11(12)15/h2-3,6,9,17H,4-5,7-8H2,1H3,(H,16,18). The maximum atomic E-state index is 11.7. The molecule has 0 spiro atoms. The zero-order valence-electron chi connectivity index (χ0n) is 10.7. The van der Waals surface area contributed by atoms with E-state index in [-0.39, 0.29) is 18.4 Å². The molecule has 0 fully saturated rings. The Morgan fingerprint density at radius 1 is 1.47 bits per heavy atom. The molecule has 3 nitrogen and oxygen atoms in total.